The fraction of sp³-hybridized carbons (Fsp3) is 0.647. The van der Waals surface area contributed by atoms with Crippen LogP contribution < -0.4 is 5.32 Å². The van der Waals surface area contributed by atoms with E-state index in [2.05, 4.69) is 38.0 Å². The molecule has 0 saturated heterocycles. The van der Waals surface area contributed by atoms with E-state index in [0.29, 0.717) is 11.2 Å². The number of nitrogens with zero attached hydrogens (tertiary/aromatic N) is 1. The molecular weight excluding hydrogens is 300 g/mol. The first-order valence-electron chi connectivity index (χ1n) is 7.66. The zero-order valence-electron chi connectivity index (χ0n) is 13.9. The predicted molar refractivity (Wildman–Crippen MR) is 88.1 cm³/mol. The number of carbonyl (C=O) groups is 1. The Morgan fingerprint density at radius 2 is 1.86 bits per heavy atom. The lowest BCUT2D eigenvalue weighted by Gasteiger charge is -2.50. The smallest absolute Gasteiger partial charge is 0.357 e. The van der Waals surface area contributed by atoms with Gasteiger partial charge in [-0.2, -0.15) is 0 Å². The summed E-state index contributed by atoms with van der Waals surface area (Å²) in [4.78, 5) is 16.5. The van der Waals surface area contributed by atoms with Crippen molar-refractivity contribution >= 4 is 17.6 Å². The lowest BCUT2D eigenvalue weighted by atomic mass is 9.61. The molecule has 1 aliphatic rings. The third-order valence-electron chi connectivity index (χ3n) is 4.52. The second-order valence-corrected chi connectivity index (χ2v) is 7.89. The largest absolute Gasteiger partial charge is 0.457 e. The number of pyridine rings is 1. The molecule has 2 rings (SSSR count). The molecule has 1 N–H and O–H groups in total. The van der Waals surface area contributed by atoms with E-state index >= 15 is 0 Å². The first kappa shape index (κ1) is 17.2. The lowest BCUT2D eigenvalue weighted by Crippen LogP contribution is -2.54. The minimum atomic E-state index is -0.406. The fourth-order valence-electron chi connectivity index (χ4n) is 3.83. The molecule has 0 aromatic carbocycles. The molecule has 1 heterocycles. The van der Waals surface area contributed by atoms with Crippen molar-refractivity contribution in [2.75, 3.05) is 7.05 Å². The molecule has 0 amide bonds. The number of rotatable bonds is 3. The summed E-state index contributed by atoms with van der Waals surface area (Å²) in [6.07, 6.45) is 1.76. The zero-order valence-corrected chi connectivity index (χ0v) is 14.7. The molecule has 0 aliphatic heterocycles. The molecule has 4 nitrogen and oxygen atoms in total. The van der Waals surface area contributed by atoms with Crippen LogP contribution in [0.15, 0.2) is 18.2 Å². The average Bonchev–Trinajstić information content (AvgIpc) is 2.41. The molecular formula is C17H25ClN2O2. The van der Waals surface area contributed by atoms with Crippen molar-refractivity contribution in [3.63, 3.8) is 0 Å². The zero-order chi connectivity index (χ0) is 16.5. The molecule has 0 radical (unpaired) electrons. The molecule has 0 spiro atoms. The van der Waals surface area contributed by atoms with Gasteiger partial charge in [0.05, 0.1) is 0 Å². The number of halogens is 1. The van der Waals surface area contributed by atoms with Crippen molar-refractivity contribution < 1.29 is 9.53 Å². The highest BCUT2D eigenvalue weighted by Gasteiger charge is 2.49. The van der Waals surface area contributed by atoms with Crippen molar-refractivity contribution in [3.05, 3.63) is 29.0 Å². The summed E-state index contributed by atoms with van der Waals surface area (Å²) in [7, 11) is 1.99. The molecule has 1 fully saturated rings. The SMILES string of the molecule is CNC1CC(C)(C)C(OC(=O)c2cccc(Cl)n2)C(C)(C)C1. The van der Waals surface area contributed by atoms with Crippen LogP contribution in [-0.4, -0.2) is 30.1 Å². The van der Waals surface area contributed by atoms with Crippen LogP contribution >= 0.6 is 11.6 Å². The number of hydrogen-bond donors (Lipinski definition) is 1. The molecule has 1 aliphatic carbocycles. The Morgan fingerprint density at radius 3 is 2.36 bits per heavy atom. The number of carbonyl (C=O) groups excluding carboxylic acids is 1. The highest BCUT2D eigenvalue weighted by atomic mass is 35.5. The van der Waals surface area contributed by atoms with Gasteiger partial charge in [-0.15, -0.1) is 0 Å². The van der Waals surface area contributed by atoms with Crippen molar-refractivity contribution in [1.29, 1.82) is 0 Å². The van der Waals surface area contributed by atoms with Gasteiger partial charge in [-0.25, -0.2) is 9.78 Å². The van der Waals surface area contributed by atoms with E-state index in [-0.39, 0.29) is 22.6 Å². The number of esters is 1. The first-order valence-corrected chi connectivity index (χ1v) is 8.04. The second-order valence-electron chi connectivity index (χ2n) is 7.50. The third-order valence-corrected chi connectivity index (χ3v) is 4.73. The maximum atomic E-state index is 12.4. The van der Waals surface area contributed by atoms with E-state index in [1.54, 1.807) is 18.2 Å². The van der Waals surface area contributed by atoms with E-state index in [1.807, 2.05) is 7.05 Å². The summed E-state index contributed by atoms with van der Waals surface area (Å²) >= 11 is 5.85. The Balaban J connectivity index is 2.21. The van der Waals surface area contributed by atoms with Gasteiger partial charge in [0.25, 0.3) is 0 Å². The Labute approximate surface area is 137 Å². The Morgan fingerprint density at radius 1 is 1.27 bits per heavy atom. The van der Waals surface area contributed by atoms with Crippen LogP contribution in [0.4, 0.5) is 0 Å². The van der Waals surface area contributed by atoms with Crippen molar-refractivity contribution in [2.24, 2.45) is 10.8 Å². The second kappa shape index (κ2) is 6.17. The minimum Gasteiger partial charge on any atom is -0.457 e. The van der Waals surface area contributed by atoms with E-state index < -0.39 is 5.97 Å². The van der Waals surface area contributed by atoms with Gasteiger partial charge in [0, 0.05) is 16.9 Å². The molecule has 22 heavy (non-hydrogen) atoms. The van der Waals surface area contributed by atoms with Gasteiger partial charge in [0.15, 0.2) is 0 Å². The number of ether oxygens (including phenoxy) is 1. The minimum absolute atomic E-state index is 0.107. The summed E-state index contributed by atoms with van der Waals surface area (Å²) in [6, 6.07) is 5.42. The third kappa shape index (κ3) is 3.61. The summed E-state index contributed by atoms with van der Waals surface area (Å²) in [5, 5.41) is 3.66. The number of nitrogens with one attached hydrogen (secondary N) is 1. The van der Waals surface area contributed by atoms with Gasteiger partial charge in [-0.3, -0.25) is 0 Å². The van der Waals surface area contributed by atoms with E-state index in [4.69, 9.17) is 16.3 Å². The maximum Gasteiger partial charge on any atom is 0.357 e. The van der Waals surface area contributed by atoms with Crippen LogP contribution in [-0.2, 0) is 4.74 Å². The molecule has 5 heteroatoms. The van der Waals surface area contributed by atoms with Gasteiger partial charge in [0.1, 0.15) is 17.0 Å². The average molecular weight is 325 g/mol. The predicted octanol–water partition coefficient (Wildman–Crippen LogP) is 3.69. The van der Waals surface area contributed by atoms with E-state index in [1.165, 1.54) is 0 Å². The number of hydrogen-bond acceptors (Lipinski definition) is 4. The monoisotopic (exact) mass is 324 g/mol. The number of aromatic nitrogens is 1. The molecule has 0 bridgehead atoms. The molecule has 1 aromatic rings. The van der Waals surface area contributed by atoms with Crippen LogP contribution in [0.3, 0.4) is 0 Å². The van der Waals surface area contributed by atoms with Crippen molar-refractivity contribution in [1.82, 2.24) is 10.3 Å². The highest BCUT2D eigenvalue weighted by molar-refractivity contribution is 6.29. The van der Waals surface area contributed by atoms with Gasteiger partial charge >= 0.3 is 5.97 Å². The van der Waals surface area contributed by atoms with Gasteiger partial charge in [-0.1, -0.05) is 45.4 Å². The summed E-state index contributed by atoms with van der Waals surface area (Å²) in [5.74, 6) is -0.406. The van der Waals surface area contributed by atoms with E-state index in [0.717, 1.165) is 12.8 Å². The fourth-order valence-corrected chi connectivity index (χ4v) is 3.99. The summed E-state index contributed by atoms with van der Waals surface area (Å²) in [6.45, 7) is 8.62. The molecule has 0 atom stereocenters. The van der Waals surface area contributed by atoms with Gasteiger partial charge in [-0.05, 0) is 32.0 Å². The summed E-state index contributed by atoms with van der Waals surface area (Å²) in [5.41, 5.74) is 0.0442. The van der Waals surface area contributed by atoms with Crippen LogP contribution in [0.5, 0.6) is 0 Å². The van der Waals surface area contributed by atoms with Crippen LogP contribution in [0.1, 0.15) is 51.0 Å². The molecule has 0 unspecified atom stereocenters. The quantitative estimate of drug-likeness (QED) is 0.680. The van der Waals surface area contributed by atoms with E-state index in [9.17, 15) is 4.79 Å². The Hall–Kier alpha value is -1.13. The maximum absolute atomic E-state index is 12.4. The lowest BCUT2D eigenvalue weighted by molar-refractivity contribution is -0.0977. The Kier molecular flexibility index (Phi) is 4.83. The molecule has 1 saturated carbocycles. The topological polar surface area (TPSA) is 51.2 Å². The van der Waals surface area contributed by atoms with Gasteiger partial charge in [0.2, 0.25) is 0 Å². The first-order chi connectivity index (χ1) is 10.2. The summed E-state index contributed by atoms with van der Waals surface area (Å²) < 4.78 is 5.87. The van der Waals surface area contributed by atoms with Crippen molar-refractivity contribution in [3.8, 4) is 0 Å². The van der Waals surface area contributed by atoms with Crippen LogP contribution in [0.2, 0.25) is 5.15 Å². The van der Waals surface area contributed by atoms with Crippen molar-refractivity contribution in [2.45, 2.75) is 52.7 Å². The Bertz CT molecular complexity index is 539. The van der Waals surface area contributed by atoms with Gasteiger partial charge < -0.3 is 10.1 Å². The molecule has 122 valence electrons. The normalized spacial score (nSPS) is 26.5. The van der Waals surface area contributed by atoms with Crippen LogP contribution in [0, 0.1) is 10.8 Å². The highest BCUT2D eigenvalue weighted by Crippen LogP contribution is 2.48. The standard InChI is InChI=1S/C17H25ClN2O2/c1-16(2)9-11(19-5)10-17(3,4)15(16)22-14(21)12-7-6-8-13(18)20-12/h6-8,11,15,19H,9-10H2,1-5H3. The van der Waals surface area contributed by atoms with Crippen LogP contribution in [0.25, 0.3) is 0 Å². The molecule has 1 aromatic heterocycles.